The standard InChI is InChI=1S/C26H22N2O3/c1-18-16-23(19(2)28(18)22-11-4-3-5-12-22)24(29)17-31-25(30)14-13-21-9-6-8-20-10-7-15-27-26(20)21/h3-16H,17H2,1-2H3/b14-13+. The molecule has 5 heteroatoms. The first kappa shape index (κ1) is 20.3. The van der Waals surface area contributed by atoms with Crippen LogP contribution in [0.3, 0.4) is 0 Å². The zero-order valence-electron chi connectivity index (χ0n) is 17.4. The minimum Gasteiger partial charge on any atom is -0.454 e. The highest BCUT2D eigenvalue weighted by atomic mass is 16.5. The van der Waals surface area contributed by atoms with Crippen molar-refractivity contribution in [3.63, 3.8) is 0 Å². The highest BCUT2D eigenvalue weighted by Gasteiger charge is 2.17. The summed E-state index contributed by atoms with van der Waals surface area (Å²) in [5.74, 6) is -0.804. The number of fused-ring (bicyclic) bond motifs is 1. The molecule has 0 N–H and O–H groups in total. The fourth-order valence-electron chi connectivity index (χ4n) is 3.70. The summed E-state index contributed by atoms with van der Waals surface area (Å²) in [6.07, 6.45) is 4.69. The molecule has 0 fully saturated rings. The molecular weight excluding hydrogens is 388 g/mol. The molecule has 0 amide bonds. The molecule has 0 saturated heterocycles. The van der Waals surface area contributed by atoms with Gasteiger partial charge in [0.15, 0.2) is 6.61 Å². The number of rotatable bonds is 6. The van der Waals surface area contributed by atoms with Crippen LogP contribution in [-0.2, 0) is 9.53 Å². The number of ether oxygens (including phenoxy) is 1. The molecule has 2 aromatic heterocycles. The van der Waals surface area contributed by atoms with Gasteiger partial charge in [0.2, 0.25) is 5.78 Å². The van der Waals surface area contributed by atoms with E-state index in [9.17, 15) is 9.59 Å². The predicted octanol–water partition coefficient (Wildman–Crippen LogP) is 5.08. The van der Waals surface area contributed by atoms with Crippen LogP contribution in [0.2, 0.25) is 0 Å². The predicted molar refractivity (Wildman–Crippen MR) is 121 cm³/mol. The Kier molecular flexibility index (Phi) is 5.76. The minimum absolute atomic E-state index is 0.233. The Morgan fingerprint density at radius 2 is 1.77 bits per heavy atom. The van der Waals surface area contributed by atoms with Crippen molar-refractivity contribution in [2.45, 2.75) is 13.8 Å². The van der Waals surface area contributed by atoms with Crippen molar-refractivity contribution in [3.8, 4) is 5.69 Å². The zero-order valence-corrected chi connectivity index (χ0v) is 17.4. The molecule has 0 saturated carbocycles. The second-order valence-electron chi connectivity index (χ2n) is 7.24. The molecule has 0 aliphatic heterocycles. The van der Waals surface area contributed by atoms with Crippen molar-refractivity contribution in [2.24, 2.45) is 0 Å². The van der Waals surface area contributed by atoms with Gasteiger partial charge in [-0.1, -0.05) is 42.5 Å². The largest absolute Gasteiger partial charge is 0.454 e. The van der Waals surface area contributed by atoms with Gasteiger partial charge in [0, 0.05) is 45.9 Å². The van der Waals surface area contributed by atoms with Crippen LogP contribution in [0.5, 0.6) is 0 Å². The maximum Gasteiger partial charge on any atom is 0.331 e. The molecule has 2 heterocycles. The summed E-state index contributed by atoms with van der Waals surface area (Å²) >= 11 is 0. The smallest absolute Gasteiger partial charge is 0.331 e. The number of pyridine rings is 1. The Hall–Kier alpha value is -3.99. The Morgan fingerprint density at radius 3 is 2.58 bits per heavy atom. The number of nitrogens with zero attached hydrogens (tertiary/aromatic N) is 2. The summed E-state index contributed by atoms with van der Waals surface area (Å²) in [5.41, 5.74) is 4.92. The third-order valence-corrected chi connectivity index (χ3v) is 5.15. The van der Waals surface area contributed by atoms with E-state index in [1.165, 1.54) is 6.08 Å². The summed E-state index contributed by atoms with van der Waals surface area (Å²) in [4.78, 5) is 29.2. The summed E-state index contributed by atoms with van der Waals surface area (Å²) < 4.78 is 7.21. The van der Waals surface area contributed by atoms with Crippen molar-refractivity contribution in [1.29, 1.82) is 0 Å². The van der Waals surface area contributed by atoms with Crippen LogP contribution < -0.4 is 0 Å². The number of esters is 1. The molecule has 0 aliphatic carbocycles. The molecule has 4 aromatic rings. The molecule has 0 spiro atoms. The molecule has 0 aliphatic rings. The van der Waals surface area contributed by atoms with Gasteiger partial charge in [0.25, 0.3) is 0 Å². The van der Waals surface area contributed by atoms with Crippen LogP contribution in [0.1, 0.15) is 27.3 Å². The number of aryl methyl sites for hydroxylation is 1. The summed E-state index contributed by atoms with van der Waals surface area (Å²) in [6.45, 7) is 3.53. The molecular formula is C26H22N2O3. The van der Waals surface area contributed by atoms with Crippen molar-refractivity contribution in [3.05, 3.63) is 102 Å². The van der Waals surface area contributed by atoms with Crippen molar-refractivity contribution in [1.82, 2.24) is 9.55 Å². The maximum atomic E-state index is 12.7. The third-order valence-electron chi connectivity index (χ3n) is 5.15. The van der Waals surface area contributed by atoms with Gasteiger partial charge in [0.1, 0.15) is 0 Å². The van der Waals surface area contributed by atoms with Crippen LogP contribution >= 0.6 is 0 Å². The van der Waals surface area contributed by atoms with Gasteiger partial charge < -0.3 is 9.30 Å². The van der Waals surface area contributed by atoms with Gasteiger partial charge in [0.05, 0.1) is 5.52 Å². The van der Waals surface area contributed by atoms with E-state index in [1.807, 2.05) is 85.1 Å². The molecule has 0 bridgehead atoms. The Labute approximate surface area is 180 Å². The molecule has 0 unspecified atom stereocenters. The number of hydrogen-bond donors (Lipinski definition) is 0. The van der Waals surface area contributed by atoms with Crippen LogP contribution in [-0.4, -0.2) is 27.9 Å². The molecule has 31 heavy (non-hydrogen) atoms. The minimum atomic E-state index is -0.571. The van der Waals surface area contributed by atoms with Crippen LogP contribution in [0.25, 0.3) is 22.7 Å². The topological polar surface area (TPSA) is 61.2 Å². The lowest BCUT2D eigenvalue weighted by atomic mass is 10.1. The molecule has 2 aromatic carbocycles. The van der Waals surface area contributed by atoms with Gasteiger partial charge >= 0.3 is 5.97 Å². The molecule has 5 nitrogen and oxygen atoms in total. The van der Waals surface area contributed by atoms with Crippen LogP contribution in [0.15, 0.2) is 79.0 Å². The van der Waals surface area contributed by atoms with E-state index in [2.05, 4.69) is 4.98 Å². The van der Waals surface area contributed by atoms with E-state index < -0.39 is 5.97 Å². The Balaban J connectivity index is 1.44. The molecule has 154 valence electrons. The highest BCUT2D eigenvalue weighted by Crippen LogP contribution is 2.21. The van der Waals surface area contributed by atoms with E-state index >= 15 is 0 Å². The van der Waals surface area contributed by atoms with Gasteiger partial charge in [-0.25, -0.2) is 4.79 Å². The van der Waals surface area contributed by atoms with Crippen molar-refractivity contribution in [2.75, 3.05) is 6.61 Å². The average molecular weight is 410 g/mol. The second-order valence-corrected chi connectivity index (χ2v) is 7.24. The van der Waals surface area contributed by atoms with Crippen molar-refractivity contribution < 1.29 is 14.3 Å². The highest BCUT2D eigenvalue weighted by molar-refractivity contribution is 6.00. The third kappa shape index (κ3) is 4.31. The fourth-order valence-corrected chi connectivity index (χ4v) is 3.70. The second kappa shape index (κ2) is 8.79. The lowest BCUT2D eigenvalue weighted by Gasteiger charge is -2.09. The van der Waals surface area contributed by atoms with Gasteiger partial charge in [-0.3, -0.25) is 9.78 Å². The normalized spacial score (nSPS) is 11.2. The number of ketones is 1. The van der Waals surface area contributed by atoms with Crippen molar-refractivity contribution >= 4 is 28.7 Å². The van der Waals surface area contributed by atoms with Gasteiger partial charge in [-0.15, -0.1) is 0 Å². The lowest BCUT2D eigenvalue weighted by molar-refractivity contribution is -0.136. The van der Waals surface area contributed by atoms with E-state index in [4.69, 9.17) is 4.74 Å². The number of carbonyl (C=O) groups excluding carboxylic acids is 2. The number of para-hydroxylation sites is 2. The quantitative estimate of drug-likeness (QED) is 0.253. The van der Waals surface area contributed by atoms with Gasteiger partial charge in [-0.2, -0.15) is 0 Å². The first-order valence-electron chi connectivity index (χ1n) is 10.0. The van der Waals surface area contributed by atoms with E-state index in [-0.39, 0.29) is 12.4 Å². The summed E-state index contributed by atoms with van der Waals surface area (Å²) in [7, 11) is 0. The molecule has 0 radical (unpaired) electrons. The first-order valence-corrected chi connectivity index (χ1v) is 10.0. The Bertz CT molecular complexity index is 1280. The number of hydrogen-bond acceptors (Lipinski definition) is 4. The fraction of sp³-hybridized carbons (Fsp3) is 0.115. The number of aromatic nitrogens is 2. The summed E-state index contributed by atoms with van der Waals surface area (Å²) in [5, 5.41) is 0.988. The summed E-state index contributed by atoms with van der Waals surface area (Å²) in [6, 6.07) is 21.2. The first-order chi connectivity index (χ1) is 15.0. The molecule has 0 atom stereocenters. The number of Topliss-reactive ketones (excluding diaryl/α,β-unsaturated/α-hetero) is 1. The van der Waals surface area contributed by atoms with Gasteiger partial charge in [-0.05, 0) is 44.2 Å². The number of carbonyl (C=O) groups is 2. The zero-order chi connectivity index (χ0) is 21.8. The monoisotopic (exact) mass is 410 g/mol. The average Bonchev–Trinajstić information content (AvgIpc) is 3.10. The number of benzene rings is 2. The van der Waals surface area contributed by atoms with Crippen LogP contribution in [0, 0.1) is 13.8 Å². The SMILES string of the molecule is Cc1cc(C(=O)COC(=O)/C=C/c2cccc3cccnc23)c(C)n1-c1ccccc1. The van der Waals surface area contributed by atoms with E-state index in [0.717, 1.165) is 33.5 Å². The maximum absolute atomic E-state index is 12.7. The van der Waals surface area contributed by atoms with Crippen LogP contribution in [0.4, 0.5) is 0 Å². The van der Waals surface area contributed by atoms with E-state index in [0.29, 0.717) is 5.56 Å². The molecule has 4 rings (SSSR count). The van der Waals surface area contributed by atoms with E-state index in [1.54, 1.807) is 12.3 Å². The Morgan fingerprint density at radius 1 is 1.00 bits per heavy atom. The lowest BCUT2D eigenvalue weighted by Crippen LogP contribution is -2.13.